The van der Waals surface area contributed by atoms with Gasteiger partial charge in [-0.05, 0) is 24.6 Å². The van der Waals surface area contributed by atoms with E-state index >= 15 is 0 Å². The fourth-order valence-corrected chi connectivity index (χ4v) is 2.67. The number of ether oxygens (including phenoxy) is 1. The lowest BCUT2D eigenvalue weighted by Gasteiger charge is -2.08. The summed E-state index contributed by atoms with van der Waals surface area (Å²) in [5.41, 5.74) is -0.734. The van der Waals surface area contributed by atoms with E-state index in [9.17, 15) is 15.0 Å². The third-order valence-corrected chi connectivity index (χ3v) is 4.09. The second-order valence-electron chi connectivity index (χ2n) is 6.07. The zero-order valence-electron chi connectivity index (χ0n) is 14.2. The lowest BCUT2D eigenvalue weighted by Crippen LogP contribution is -2.00. The molecule has 2 N–H and O–H groups in total. The lowest BCUT2D eigenvalue weighted by atomic mass is 10.1. The Hall–Kier alpha value is -2.17. The highest BCUT2D eigenvalue weighted by atomic mass is 16.5. The number of benzene rings is 1. The average molecular weight is 334 g/mol. The van der Waals surface area contributed by atoms with Crippen molar-refractivity contribution in [2.75, 3.05) is 6.61 Å². The lowest BCUT2D eigenvalue weighted by molar-refractivity contribution is 0.304. The van der Waals surface area contributed by atoms with Gasteiger partial charge < -0.3 is 19.4 Å². The van der Waals surface area contributed by atoms with Crippen LogP contribution in [0.1, 0.15) is 58.3 Å². The summed E-state index contributed by atoms with van der Waals surface area (Å²) < 4.78 is 10.6. The van der Waals surface area contributed by atoms with Crippen LogP contribution in [-0.2, 0) is 0 Å². The number of aromatic hydroxyl groups is 2. The standard InChI is InChI=1S/C19H26O5/c1-2-3-4-5-6-7-8-9-12-23-14-10-11-16-15(13-14)17(20)18(21)19(22)24-16/h10-11,13,20-21H,2-9,12H2,1H3. The van der Waals surface area contributed by atoms with Gasteiger partial charge in [0.15, 0.2) is 5.75 Å². The Labute approximate surface area is 141 Å². The van der Waals surface area contributed by atoms with Gasteiger partial charge in [0.2, 0.25) is 5.75 Å². The van der Waals surface area contributed by atoms with Crippen molar-refractivity contribution < 1.29 is 19.4 Å². The minimum Gasteiger partial charge on any atom is -0.504 e. The minimum absolute atomic E-state index is 0.217. The van der Waals surface area contributed by atoms with Gasteiger partial charge in [0, 0.05) is 0 Å². The summed E-state index contributed by atoms with van der Waals surface area (Å²) in [6.07, 6.45) is 9.87. The molecule has 132 valence electrons. The molecule has 1 aromatic carbocycles. The molecule has 0 saturated heterocycles. The van der Waals surface area contributed by atoms with Crippen molar-refractivity contribution in [3.63, 3.8) is 0 Å². The van der Waals surface area contributed by atoms with Crippen LogP contribution in [0.4, 0.5) is 0 Å². The molecule has 2 aromatic rings. The molecule has 1 heterocycles. The van der Waals surface area contributed by atoms with Gasteiger partial charge in [-0.1, -0.05) is 51.9 Å². The fourth-order valence-electron chi connectivity index (χ4n) is 2.67. The molecule has 0 spiro atoms. The fraction of sp³-hybridized carbons (Fsp3) is 0.526. The third kappa shape index (κ3) is 4.91. The Bertz CT molecular complexity index is 705. The molecule has 0 radical (unpaired) electrons. The normalized spacial score (nSPS) is 11.0. The van der Waals surface area contributed by atoms with E-state index in [0.717, 1.165) is 12.8 Å². The van der Waals surface area contributed by atoms with Crippen LogP contribution in [0, 0.1) is 0 Å². The van der Waals surface area contributed by atoms with Gasteiger partial charge in [-0.25, -0.2) is 4.79 Å². The van der Waals surface area contributed by atoms with Crippen molar-refractivity contribution in [3.8, 4) is 17.2 Å². The van der Waals surface area contributed by atoms with Crippen LogP contribution in [0.25, 0.3) is 11.0 Å². The Morgan fingerprint density at radius 3 is 2.33 bits per heavy atom. The topological polar surface area (TPSA) is 79.9 Å². The zero-order chi connectivity index (χ0) is 17.4. The summed E-state index contributed by atoms with van der Waals surface area (Å²) in [6, 6.07) is 4.81. The summed E-state index contributed by atoms with van der Waals surface area (Å²) >= 11 is 0. The number of rotatable bonds is 10. The first-order valence-electron chi connectivity index (χ1n) is 8.75. The van der Waals surface area contributed by atoms with Crippen LogP contribution >= 0.6 is 0 Å². The summed E-state index contributed by atoms with van der Waals surface area (Å²) in [7, 11) is 0. The second kappa shape index (κ2) is 9.21. The molecule has 0 bridgehead atoms. The van der Waals surface area contributed by atoms with E-state index < -0.39 is 17.1 Å². The van der Waals surface area contributed by atoms with E-state index in [0.29, 0.717) is 12.4 Å². The van der Waals surface area contributed by atoms with Crippen LogP contribution in [0.2, 0.25) is 0 Å². The quantitative estimate of drug-likeness (QED) is 0.485. The summed E-state index contributed by atoms with van der Waals surface area (Å²) in [5.74, 6) is -0.671. The molecule has 0 unspecified atom stereocenters. The maximum Gasteiger partial charge on any atom is 0.382 e. The van der Waals surface area contributed by atoms with Crippen molar-refractivity contribution in [2.24, 2.45) is 0 Å². The molecule has 5 heteroatoms. The molecule has 5 nitrogen and oxygen atoms in total. The smallest absolute Gasteiger partial charge is 0.382 e. The van der Waals surface area contributed by atoms with Crippen LogP contribution in [0.5, 0.6) is 17.2 Å². The number of fused-ring (bicyclic) bond motifs is 1. The van der Waals surface area contributed by atoms with Crippen LogP contribution in [0.15, 0.2) is 27.4 Å². The molecule has 0 aliphatic rings. The molecule has 24 heavy (non-hydrogen) atoms. The SMILES string of the molecule is CCCCCCCCCCOc1ccc2oc(=O)c(O)c(O)c2c1. The highest BCUT2D eigenvalue weighted by molar-refractivity contribution is 5.86. The number of hydrogen-bond donors (Lipinski definition) is 2. The van der Waals surface area contributed by atoms with E-state index in [2.05, 4.69) is 6.92 Å². The Kier molecular flexibility index (Phi) is 6.97. The Morgan fingerprint density at radius 1 is 0.958 bits per heavy atom. The molecule has 0 amide bonds. The maximum atomic E-state index is 11.3. The first-order chi connectivity index (χ1) is 11.6. The summed E-state index contributed by atoms with van der Waals surface area (Å²) in [4.78, 5) is 11.3. The van der Waals surface area contributed by atoms with Crippen LogP contribution < -0.4 is 10.4 Å². The second-order valence-corrected chi connectivity index (χ2v) is 6.07. The van der Waals surface area contributed by atoms with E-state index in [4.69, 9.17) is 9.15 Å². The van der Waals surface area contributed by atoms with E-state index in [1.54, 1.807) is 18.2 Å². The average Bonchev–Trinajstić information content (AvgIpc) is 2.59. The molecule has 0 fully saturated rings. The molecule has 0 aliphatic carbocycles. The minimum atomic E-state index is -0.951. The van der Waals surface area contributed by atoms with Gasteiger partial charge in [0.05, 0.1) is 12.0 Å². The van der Waals surface area contributed by atoms with E-state index in [1.807, 2.05) is 0 Å². The van der Waals surface area contributed by atoms with Crippen LogP contribution in [0.3, 0.4) is 0 Å². The summed E-state index contributed by atoms with van der Waals surface area (Å²) in [5, 5.41) is 19.5. The zero-order valence-corrected chi connectivity index (χ0v) is 14.2. The Balaban J connectivity index is 1.78. The predicted octanol–water partition coefficient (Wildman–Crippen LogP) is 4.72. The third-order valence-electron chi connectivity index (χ3n) is 4.09. The number of hydrogen-bond acceptors (Lipinski definition) is 5. The molecule has 0 atom stereocenters. The monoisotopic (exact) mass is 334 g/mol. The molecule has 2 rings (SSSR count). The van der Waals surface area contributed by atoms with Crippen molar-refractivity contribution in [2.45, 2.75) is 58.3 Å². The van der Waals surface area contributed by atoms with Gasteiger partial charge in [-0.2, -0.15) is 0 Å². The summed E-state index contributed by atoms with van der Waals surface area (Å²) in [6.45, 7) is 2.82. The largest absolute Gasteiger partial charge is 0.504 e. The van der Waals surface area contributed by atoms with Crippen molar-refractivity contribution >= 4 is 11.0 Å². The molecule has 0 aliphatic heterocycles. The highest BCUT2D eigenvalue weighted by Crippen LogP contribution is 2.32. The van der Waals surface area contributed by atoms with Gasteiger partial charge in [0.1, 0.15) is 11.3 Å². The Morgan fingerprint density at radius 2 is 1.62 bits per heavy atom. The van der Waals surface area contributed by atoms with Crippen molar-refractivity contribution in [1.82, 2.24) is 0 Å². The van der Waals surface area contributed by atoms with Gasteiger partial charge in [0.25, 0.3) is 0 Å². The van der Waals surface area contributed by atoms with E-state index in [1.165, 1.54) is 38.5 Å². The highest BCUT2D eigenvalue weighted by Gasteiger charge is 2.13. The van der Waals surface area contributed by atoms with E-state index in [-0.39, 0.29) is 11.0 Å². The predicted molar refractivity (Wildman–Crippen MR) is 93.9 cm³/mol. The molecule has 1 aromatic heterocycles. The molecule has 0 saturated carbocycles. The molecular formula is C19H26O5. The van der Waals surface area contributed by atoms with Gasteiger partial charge in [-0.15, -0.1) is 0 Å². The van der Waals surface area contributed by atoms with Crippen molar-refractivity contribution in [1.29, 1.82) is 0 Å². The van der Waals surface area contributed by atoms with Crippen molar-refractivity contribution in [3.05, 3.63) is 28.6 Å². The maximum absolute atomic E-state index is 11.3. The molecular weight excluding hydrogens is 308 g/mol. The van der Waals surface area contributed by atoms with Gasteiger partial charge in [-0.3, -0.25) is 0 Å². The number of unbranched alkanes of at least 4 members (excludes halogenated alkanes) is 7. The van der Waals surface area contributed by atoms with Gasteiger partial charge >= 0.3 is 5.63 Å². The van der Waals surface area contributed by atoms with Crippen LogP contribution in [-0.4, -0.2) is 16.8 Å². The first kappa shape index (κ1) is 18.2. The first-order valence-corrected chi connectivity index (χ1v) is 8.75.